The minimum Gasteiger partial charge on any atom is -0.393 e. The zero-order chi connectivity index (χ0) is 21.7. The summed E-state index contributed by atoms with van der Waals surface area (Å²) in [6.45, 7) is 16.3. The van der Waals surface area contributed by atoms with Gasteiger partial charge in [0.25, 0.3) is 0 Å². The zero-order valence-electron chi connectivity index (χ0n) is 20.3. The highest BCUT2D eigenvalue weighted by molar-refractivity contribution is 5.34. The first-order valence-electron chi connectivity index (χ1n) is 12.9. The highest BCUT2D eigenvalue weighted by atomic mass is 16.3. The summed E-state index contributed by atoms with van der Waals surface area (Å²) < 4.78 is 0. The highest BCUT2D eigenvalue weighted by Gasteiger charge is 2.55. The molecule has 0 bridgehead atoms. The molecule has 30 heavy (non-hydrogen) atoms. The molecule has 0 heterocycles. The number of hydrogen-bond acceptors (Lipinski definition) is 1. The van der Waals surface area contributed by atoms with Crippen LogP contribution in [0.25, 0.3) is 0 Å². The van der Waals surface area contributed by atoms with Gasteiger partial charge in [0.05, 0.1) is 6.10 Å². The van der Waals surface area contributed by atoms with E-state index in [0.29, 0.717) is 22.7 Å². The summed E-state index contributed by atoms with van der Waals surface area (Å²) in [5, 5.41) is 10.3. The third kappa shape index (κ3) is 3.58. The molecule has 0 spiro atoms. The summed E-state index contributed by atoms with van der Waals surface area (Å²) in [6.07, 6.45) is 17.5. The molecule has 0 radical (unpaired) electrons. The third-order valence-corrected chi connectivity index (χ3v) is 10.4. The van der Waals surface area contributed by atoms with Crippen molar-refractivity contribution in [1.82, 2.24) is 0 Å². The third-order valence-electron chi connectivity index (χ3n) is 10.4. The fraction of sp³-hybridized carbons (Fsp3) is 0.793. The van der Waals surface area contributed by atoms with E-state index >= 15 is 0 Å². The molecule has 168 valence electrons. The van der Waals surface area contributed by atoms with Crippen molar-refractivity contribution in [1.29, 1.82) is 0 Å². The smallest absolute Gasteiger partial charge is 0.0543 e. The van der Waals surface area contributed by atoms with Gasteiger partial charge in [-0.25, -0.2) is 0 Å². The SMILES string of the molecule is C=C(C)C(C=C[C@@H](C)[C@H]1CC[C@H]2C3=C(CC[C@]12C)[C@@]1(C)CC[C@H](O)C[C@@H]1CC3)CC. The Labute approximate surface area is 186 Å². The second-order valence-electron chi connectivity index (χ2n) is 11.9. The van der Waals surface area contributed by atoms with Gasteiger partial charge in [-0.05, 0) is 112 Å². The lowest BCUT2D eigenvalue weighted by atomic mass is 9.50. The van der Waals surface area contributed by atoms with Crippen molar-refractivity contribution in [3.05, 3.63) is 35.5 Å². The van der Waals surface area contributed by atoms with Crippen molar-refractivity contribution >= 4 is 0 Å². The van der Waals surface area contributed by atoms with Crippen molar-refractivity contribution in [2.45, 2.75) is 105 Å². The van der Waals surface area contributed by atoms with Crippen LogP contribution in [0, 0.1) is 40.4 Å². The predicted octanol–water partition coefficient (Wildman–Crippen LogP) is 7.87. The maximum absolute atomic E-state index is 10.3. The first kappa shape index (κ1) is 22.4. The van der Waals surface area contributed by atoms with Gasteiger partial charge in [0.15, 0.2) is 0 Å². The molecule has 8 atom stereocenters. The normalized spacial score (nSPS) is 43.1. The molecule has 2 fully saturated rings. The lowest BCUT2D eigenvalue weighted by molar-refractivity contribution is 0.0145. The maximum atomic E-state index is 10.3. The van der Waals surface area contributed by atoms with Crippen LogP contribution >= 0.6 is 0 Å². The number of aliphatic hydroxyl groups excluding tert-OH is 1. The Kier molecular flexibility index (Phi) is 6.17. The van der Waals surface area contributed by atoms with E-state index in [-0.39, 0.29) is 6.10 Å². The molecule has 0 amide bonds. The lowest BCUT2D eigenvalue weighted by Crippen LogP contribution is -2.45. The van der Waals surface area contributed by atoms with E-state index in [1.165, 1.54) is 50.5 Å². The zero-order valence-corrected chi connectivity index (χ0v) is 20.3. The average Bonchev–Trinajstić information content (AvgIpc) is 3.06. The van der Waals surface area contributed by atoms with E-state index in [2.05, 4.69) is 53.3 Å². The summed E-state index contributed by atoms with van der Waals surface area (Å²) in [6, 6.07) is 0. The molecule has 4 aliphatic carbocycles. The molecule has 1 unspecified atom stereocenters. The molecular formula is C29H46O. The fourth-order valence-corrected chi connectivity index (χ4v) is 8.43. The highest BCUT2D eigenvalue weighted by Crippen LogP contribution is 2.65. The van der Waals surface area contributed by atoms with Crippen LogP contribution in [0.4, 0.5) is 0 Å². The molecule has 1 N–H and O–H groups in total. The van der Waals surface area contributed by atoms with Crippen LogP contribution in [0.3, 0.4) is 0 Å². The van der Waals surface area contributed by atoms with Gasteiger partial charge in [0, 0.05) is 0 Å². The van der Waals surface area contributed by atoms with Crippen LogP contribution in [-0.4, -0.2) is 11.2 Å². The van der Waals surface area contributed by atoms with E-state index in [9.17, 15) is 5.11 Å². The number of allylic oxidation sites excluding steroid dienone is 5. The standard InChI is InChI=1S/C29H46O/c1-7-21(19(2)3)9-8-20(4)25-12-13-26-24-11-10-22-18-23(30)14-16-28(22,5)27(24)15-17-29(25,26)6/h8-9,20-23,25-26,30H,2,7,10-18H2,1,3-6H3/t20-,21?,22+,23+,25-,26+,28+,29-/m1/s1. The van der Waals surface area contributed by atoms with Gasteiger partial charge in [-0.2, -0.15) is 0 Å². The van der Waals surface area contributed by atoms with E-state index in [0.717, 1.165) is 37.0 Å². The second kappa shape index (κ2) is 8.27. The Morgan fingerprint density at radius 1 is 1.13 bits per heavy atom. The van der Waals surface area contributed by atoms with Gasteiger partial charge in [-0.15, -0.1) is 0 Å². The molecule has 2 saturated carbocycles. The fourth-order valence-electron chi connectivity index (χ4n) is 8.43. The summed E-state index contributed by atoms with van der Waals surface area (Å²) >= 11 is 0. The number of rotatable bonds is 5. The van der Waals surface area contributed by atoms with Crippen LogP contribution in [-0.2, 0) is 0 Å². The molecule has 0 aromatic rings. The molecule has 0 aliphatic heterocycles. The summed E-state index contributed by atoms with van der Waals surface area (Å²) in [5.74, 6) is 3.54. The molecule has 0 aromatic heterocycles. The Morgan fingerprint density at radius 3 is 2.60 bits per heavy atom. The van der Waals surface area contributed by atoms with Crippen molar-refractivity contribution in [3.8, 4) is 0 Å². The molecule has 0 aromatic carbocycles. The first-order valence-corrected chi connectivity index (χ1v) is 12.9. The number of fused-ring (bicyclic) bond motifs is 4. The average molecular weight is 411 g/mol. The van der Waals surface area contributed by atoms with Gasteiger partial charge in [-0.3, -0.25) is 0 Å². The van der Waals surface area contributed by atoms with Gasteiger partial charge in [0.2, 0.25) is 0 Å². The van der Waals surface area contributed by atoms with Crippen molar-refractivity contribution in [2.24, 2.45) is 40.4 Å². The van der Waals surface area contributed by atoms with Gasteiger partial charge < -0.3 is 5.11 Å². The van der Waals surface area contributed by atoms with Crippen LogP contribution in [0.15, 0.2) is 35.5 Å². The Hall–Kier alpha value is -0.820. The van der Waals surface area contributed by atoms with E-state index in [1.54, 1.807) is 0 Å². The first-order chi connectivity index (χ1) is 14.2. The van der Waals surface area contributed by atoms with Gasteiger partial charge in [0.1, 0.15) is 0 Å². The topological polar surface area (TPSA) is 20.2 Å². The Balaban J connectivity index is 1.56. The largest absolute Gasteiger partial charge is 0.393 e. The molecule has 1 nitrogen and oxygen atoms in total. The van der Waals surface area contributed by atoms with Crippen molar-refractivity contribution in [2.75, 3.05) is 0 Å². The summed E-state index contributed by atoms with van der Waals surface area (Å²) in [4.78, 5) is 0. The van der Waals surface area contributed by atoms with E-state index in [1.807, 2.05) is 11.1 Å². The van der Waals surface area contributed by atoms with E-state index in [4.69, 9.17) is 0 Å². The number of aliphatic hydroxyl groups is 1. The molecule has 1 heteroatoms. The second-order valence-corrected chi connectivity index (χ2v) is 11.9. The van der Waals surface area contributed by atoms with Crippen molar-refractivity contribution in [3.63, 3.8) is 0 Å². The van der Waals surface area contributed by atoms with E-state index < -0.39 is 0 Å². The minimum atomic E-state index is -0.0475. The van der Waals surface area contributed by atoms with Crippen molar-refractivity contribution < 1.29 is 5.11 Å². The number of hydrogen-bond donors (Lipinski definition) is 1. The maximum Gasteiger partial charge on any atom is 0.0543 e. The summed E-state index contributed by atoms with van der Waals surface area (Å²) in [5.41, 5.74) is 5.89. The summed E-state index contributed by atoms with van der Waals surface area (Å²) in [7, 11) is 0. The van der Waals surface area contributed by atoms with Gasteiger partial charge >= 0.3 is 0 Å². The van der Waals surface area contributed by atoms with Crippen LogP contribution in [0.2, 0.25) is 0 Å². The van der Waals surface area contributed by atoms with Crippen LogP contribution in [0.5, 0.6) is 0 Å². The predicted molar refractivity (Wildman–Crippen MR) is 128 cm³/mol. The Morgan fingerprint density at radius 2 is 1.90 bits per heavy atom. The quantitative estimate of drug-likeness (QED) is 0.457. The lowest BCUT2D eigenvalue weighted by Gasteiger charge is -2.55. The minimum absolute atomic E-state index is 0.0475. The van der Waals surface area contributed by atoms with Crippen LogP contribution in [0.1, 0.15) is 98.8 Å². The molecular weight excluding hydrogens is 364 g/mol. The van der Waals surface area contributed by atoms with Crippen LogP contribution < -0.4 is 0 Å². The Bertz CT molecular complexity index is 729. The van der Waals surface area contributed by atoms with Gasteiger partial charge in [-0.1, -0.05) is 63.1 Å². The monoisotopic (exact) mass is 410 g/mol. The molecule has 4 aliphatic rings. The molecule has 0 saturated heterocycles. The molecule has 4 rings (SSSR count).